The fourth-order valence-corrected chi connectivity index (χ4v) is 3.22. The van der Waals surface area contributed by atoms with Crippen LogP contribution in [0.25, 0.3) is 0 Å². The smallest absolute Gasteiger partial charge is 0.258 e. The van der Waals surface area contributed by atoms with Crippen molar-refractivity contribution in [2.24, 2.45) is 4.99 Å². The third-order valence-electron chi connectivity index (χ3n) is 4.80. The van der Waals surface area contributed by atoms with Gasteiger partial charge < -0.3 is 15.4 Å². The van der Waals surface area contributed by atoms with E-state index < -0.39 is 0 Å². The van der Waals surface area contributed by atoms with Gasteiger partial charge in [0.1, 0.15) is 0 Å². The molecule has 1 aliphatic heterocycles. The molecule has 7 heteroatoms. The highest BCUT2D eigenvalue weighted by atomic mass is 16.5. The highest BCUT2D eigenvalue weighted by Gasteiger charge is 2.16. The van der Waals surface area contributed by atoms with E-state index in [1.807, 2.05) is 38.1 Å². The molecule has 2 amide bonds. The van der Waals surface area contributed by atoms with Crippen LogP contribution in [-0.4, -0.2) is 37.0 Å². The normalized spacial score (nSPS) is 16.2. The number of nitrogens with one attached hydrogen (secondary N) is 3. The number of carbonyl (C=O) groups excluding carboxylic acids is 2. The summed E-state index contributed by atoms with van der Waals surface area (Å²) in [5.74, 6) is -0.133. The second-order valence-corrected chi connectivity index (χ2v) is 7.48. The third kappa shape index (κ3) is 6.15. The van der Waals surface area contributed by atoms with E-state index in [2.05, 4.69) is 20.9 Å². The van der Waals surface area contributed by atoms with E-state index in [9.17, 15) is 9.59 Å². The number of aryl methyl sites for hydroxylation is 2. The number of aliphatic imine (C=N–C) groups is 1. The Morgan fingerprint density at radius 1 is 1.13 bits per heavy atom. The maximum Gasteiger partial charge on any atom is 0.258 e. The summed E-state index contributed by atoms with van der Waals surface area (Å²) < 4.78 is 5.64. The van der Waals surface area contributed by atoms with Crippen molar-refractivity contribution in [3.8, 4) is 0 Å². The number of nitrogens with zero attached hydrogens (tertiary/aromatic N) is 1. The van der Waals surface area contributed by atoms with E-state index in [-0.39, 0.29) is 17.9 Å². The van der Waals surface area contributed by atoms with Gasteiger partial charge in [-0.1, -0.05) is 18.2 Å². The Labute approximate surface area is 176 Å². The molecule has 30 heavy (non-hydrogen) atoms. The van der Waals surface area contributed by atoms with Crippen molar-refractivity contribution in [3.05, 3.63) is 59.2 Å². The molecule has 0 bridgehead atoms. The Morgan fingerprint density at radius 2 is 1.97 bits per heavy atom. The van der Waals surface area contributed by atoms with Gasteiger partial charge >= 0.3 is 0 Å². The number of ether oxygens (including phenoxy) is 1. The maximum absolute atomic E-state index is 12.9. The van der Waals surface area contributed by atoms with Crippen molar-refractivity contribution in [2.45, 2.75) is 39.7 Å². The molecule has 3 rings (SSSR count). The Balaban J connectivity index is 1.78. The molecule has 1 fully saturated rings. The van der Waals surface area contributed by atoms with Crippen molar-refractivity contribution < 1.29 is 14.3 Å². The van der Waals surface area contributed by atoms with Crippen molar-refractivity contribution in [1.82, 2.24) is 5.32 Å². The van der Waals surface area contributed by atoms with Crippen LogP contribution >= 0.6 is 0 Å². The van der Waals surface area contributed by atoms with Crippen LogP contribution in [0, 0.1) is 13.8 Å². The van der Waals surface area contributed by atoms with Gasteiger partial charge in [-0.05, 0) is 62.1 Å². The molecular weight excluding hydrogens is 380 g/mol. The summed E-state index contributed by atoms with van der Waals surface area (Å²) in [6.07, 6.45) is 2.07. The number of anilines is 2. The monoisotopic (exact) mass is 408 g/mol. The average Bonchev–Trinajstić information content (AvgIpc) is 3.21. The summed E-state index contributed by atoms with van der Waals surface area (Å²) in [5.41, 5.74) is 3.86. The zero-order chi connectivity index (χ0) is 21.5. The number of rotatable bonds is 5. The Kier molecular flexibility index (Phi) is 7.19. The Morgan fingerprint density at radius 3 is 2.67 bits per heavy atom. The SMILES string of the molecule is CC(=O)Nc1cc(C(=O)NC(=NC[C@@H]2CCCO2)Nc2cccc(C)c2)ccc1C. The summed E-state index contributed by atoms with van der Waals surface area (Å²) in [5, 5.41) is 8.80. The molecule has 3 N–H and O–H groups in total. The molecule has 158 valence electrons. The number of benzene rings is 2. The first kappa shape index (κ1) is 21.5. The fourth-order valence-electron chi connectivity index (χ4n) is 3.22. The highest BCUT2D eigenvalue weighted by molar-refractivity contribution is 6.10. The minimum atomic E-state index is -0.312. The molecule has 0 saturated carbocycles. The molecule has 0 unspecified atom stereocenters. The summed E-state index contributed by atoms with van der Waals surface area (Å²) in [6, 6.07) is 13.0. The second kappa shape index (κ2) is 10.0. The van der Waals surface area contributed by atoms with Crippen LogP contribution in [-0.2, 0) is 9.53 Å². The molecule has 0 aliphatic carbocycles. The van der Waals surface area contributed by atoms with Crippen LogP contribution in [0.3, 0.4) is 0 Å². The molecule has 1 saturated heterocycles. The molecule has 7 nitrogen and oxygen atoms in total. The lowest BCUT2D eigenvalue weighted by atomic mass is 10.1. The van der Waals surface area contributed by atoms with Gasteiger partial charge in [-0.15, -0.1) is 0 Å². The molecule has 1 heterocycles. The average molecular weight is 409 g/mol. The number of carbonyl (C=O) groups is 2. The lowest BCUT2D eigenvalue weighted by Crippen LogP contribution is -2.36. The lowest BCUT2D eigenvalue weighted by Gasteiger charge is -2.14. The largest absolute Gasteiger partial charge is 0.376 e. The Hall–Kier alpha value is -3.19. The van der Waals surface area contributed by atoms with Crippen LogP contribution in [0.2, 0.25) is 0 Å². The van der Waals surface area contributed by atoms with Crippen LogP contribution in [0.15, 0.2) is 47.5 Å². The van der Waals surface area contributed by atoms with Gasteiger partial charge in [-0.2, -0.15) is 0 Å². The molecule has 2 aromatic carbocycles. The molecular formula is C23H28N4O3. The summed E-state index contributed by atoms with van der Waals surface area (Å²) in [7, 11) is 0. The van der Waals surface area contributed by atoms with Crippen LogP contribution in [0.4, 0.5) is 11.4 Å². The van der Waals surface area contributed by atoms with Crippen LogP contribution in [0.1, 0.15) is 41.3 Å². The van der Waals surface area contributed by atoms with E-state index in [0.717, 1.165) is 36.3 Å². The van der Waals surface area contributed by atoms with Gasteiger partial charge in [0.05, 0.1) is 12.6 Å². The van der Waals surface area contributed by atoms with Crippen molar-refractivity contribution in [3.63, 3.8) is 0 Å². The maximum atomic E-state index is 12.9. The third-order valence-corrected chi connectivity index (χ3v) is 4.80. The zero-order valence-corrected chi connectivity index (χ0v) is 17.6. The molecule has 2 aromatic rings. The minimum Gasteiger partial charge on any atom is -0.376 e. The number of hydrogen-bond acceptors (Lipinski definition) is 4. The van der Waals surface area contributed by atoms with Gasteiger partial charge in [-0.25, -0.2) is 4.99 Å². The molecule has 0 aromatic heterocycles. The van der Waals surface area contributed by atoms with E-state index in [0.29, 0.717) is 23.8 Å². The summed E-state index contributed by atoms with van der Waals surface area (Å²) in [6.45, 7) is 6.54. The molecule has 0 radical (unpaired) electrons. The first-order chi connectivity index (χ1) is 14.4. The molecule has 1 atom stereocenters. The van der Waals surface area contributed by atoms with Crippen molar-refractivity contribution in [2.75, 3.05) is 23.8 Å². The van der Waals surface area contributed by atoms with Crippen molar-refractivity contribution in [1.29, 1.82) is 0 Å². The van der Waals surface area contributed by atoms with Gasteiger partial charge in [0.15, 0.2) is 0 Å². The van der Waals surface area contributed by atoms with Crippen LogP contribution in [0.5, 0.6) is 0 Å². The topological polar surface area (TPSA) is 91.8 Å². The quantitative estimate of drug-likeness (QED) is 0.520. The first-order valence-corrected chi connectivity index (χ1v) is 10.1. The predicted molar refractivity (Wildman–Crippen MR) is 119 cm³/mol. The van der Waals surface area contributed by atoms with E-state index >= 15 is 0 Å². The van der Waals surface area contributed by atoms with Gasteiger partial charge in [0, 0.05) is 30.5 Å². The zero-order valence-electron chi connectivity index (χ0n) is 17.6. The van der Waals surface area contributed by atoms with Gasteiger partial charge in [0.2, 0.25) is 11.9 Å². The van der Waals surface area contributed by atoms with Crippen molar-refractivity contribution >= 4 is 29.1 Å². The predicted octanol–water partition coefficient (Wildman–Crippen LogP) is 3.64. The Bertz CT molecular complexity index is 949. The van der Waals surface area contributed by atoms with E-state index in [1.165, 1.54) is 6.92 Å². The second-order valence-electron chi connectivity index (χ2n) is 7.48. The molecule has 1 aliphatic rings. The lowest BCUT2D eigenvalue weighted by molar-refractivity contribution is -0.114. The van der Waals surface area contributed by atoms with Gasteiger partial charge in [-0.3, -0.25) is 14.9 Å². The standard InChI is InChI=1S/C23H28N4O3/c1-15-6-4-7-19(12-15)26-23(24-14-20-8-5-11-30-20)27-22(29)18-10-9-16(2)21(13-18)25-17(3)28/h4,6-7,9-10,12-13,20H,5,8,11,14H2,1-3H3,(H,25,28)(H2,24,26,27,29)/t20-/m0/s1. The fraction of sp³-hybridized carbons (Fsp3) is 0.348. The number of amides is 2. The van der Waals surface area contributed by atoms with E-state index in [4.69, 9.17) is 4.74 Å². The first-order valence-electron chi connectivity index (χ1n) is 10.1. The highest BCUT2D eigenvalue weighted by Crippen LogP contribution is 2.17. The summed E-state index contributed by atoms with van der Waals surface area (Å²) in [4.78, 5) is 28.9. The number of guanidine groups is 1. The number of hydrogen-bond donors (Lipinski definition) is 3. The van der Waals surface area contributed by atoms with Gasteiger partial charge in [0.25, 0.3) is 5.91 Å². The van der Waals surface area contributed by atoms with E-state index in [1.54, 1.807) is 18.2 Å². The minimum absolute atomic E-state index is 0.0713. The molecule has 0 spiro atoms. The summed E-state index contributed by atoms with van der Waals surface area (Å²) >= 11 is 0. The van der Waals surface area contributed by atoms with Crippen LogP contribution < -0.4 is 16.0 Å².